The Balaban J connectivity index is 1.38. The molecule has 2 amide bonds. The van der Waals surface area contributed by atoms with Crippen LogP contribution in [0.25, 0.3) is 10.9 Å². The summed E-state index contributed by atoms with van der Waals surface area (Å²) in [5.74, 6) is -0.154. The summed E-state index contributed by atoms with van der Waals surface area (Å²) in [6, 6.07) is 8.49. The van der Waals surface area contributed by atoms with E-state index in [1.54, 1.807) is 0 Å². The first kappa shape index (κ1) is 14.6. The van der Waals surface area contributed by atoms with Gasteiger partial charge in [0.1, 0.15) is 0 Å². The second kappa shape index (κ2) is 6.64. The highest BCUT2D eigenvalue weighted by Crippen LogP contribution is 2.19. The molecule has 0 bridgehead atoms. The summed E-state index contributed by atoms with van der Waals surface area (Å²) in [5.41, 5.74) is 2.36. The summed E-state index contributed by atoms with van der Waals surface area (Å²) in [6.45, 7) is 0.0857. The number of aromatic amines is 1. The van der Waals surface area contributed by atoms with Crippen molar-refractivity contribution in [2.75, 3.05) is 6.54 Å². The molecule has 1 heterocycles. The minimum Gasteiger partial charge on any atom is -0.361 e. The Morgan fingerprint density at radius 2 is 2.00 bits per heavy atom. The number of rotatable bonds is 7. The second-order valence-corrected chi connectivity index (χ2v) is 5.83. The van der Waals surface area contributed by atoms with E-state index < -0.39 is 0 Å². The summed E-state index contributed by atoms with van der Waals surface area (Å²) < 4.78 is 0. The molecule has 3 rings (SSSR count). The smallest absolute Gasteiger partial charge is 0.239 e. The Morgan fingerprint density at radius 1 is 1.18 bits per heavy atom. The van der Waals surface area contributed by atoms with Gasteiger partial charge in [0.25, 0.3) is 0 Å². The van der Waals surface area contributed by atoms with Crippen LogP contribution in [0.15, 0.2) is 30.5 Å². The molecule has 22 heavy (non-hydrogen) atoms. The third-order valence-electron chi connectivity index (χ3n) is 3.91. The first-order chi connectivity index (χ1) is 10.7. The van der Waals surface area contributed by atoms with Gasteiger partial charge in [0.05, 0.1) is 6.54 Å². The molecule has 0 spiro atoms. The molecule has 1 aromatic carbocycles. The average Bonchev–Trinajstić information content (AvgIpc) is 3.24. The molecule has 2 aromatic rings. The van der Waals surface area contributed by atoms with Crippen LogP contribution in [-0.4, -0.2) is 29.4 Å². The summed E-state index contributed by atoms with van der Waals surface area (Å²) in [7, 11) is 0. The first-order valence-electron chi connectivity index (χ1n) is 7.83. The zero-order valence-electron chi connectivity index (χ0n) is 12.5. The normalized spacial score (nSPS) is 14.0. The topological polar surface area (TPSA) is 74.0 Å². The monoisotopic (exact) mass is 299 g/mol. The number of fused-ring (bicyclic) bond motifs is 1. The van der Waals surface area contributed by atoms with Crippen LogP contribution in [-0.2, 0) is 16.0 Å². The van der Waals surface area contributed by atoms with Crippen LogP contribution in [0.4, 0.5) is 0 Å². The van der Waals surface area contributed by atoms with E-state index in [0.717, 1.165) is 31.2 Å². The minimum absolute atomic E-state index is 0.0641. The van der Waals surface area contributed by atoms with Crippen molar-refractivity contribution >= 4 is 22.7 Å². The number of carbonyl (C=O) groups excluding carboxylic acids is 2. The highest BCUT2D eigenvalue weighted by molar-refractivity contribution is 5.85. The predicted molar refractivity (Wildman–Crippen MR) is 85.4 cm³/mol. The Kier molecular flexibility index (Phi) is 4.42. The molecule has 1 aliphatic rings. The Hall–Kier alpha value is -2.30. The number of hydrogen-bond acceptors (Lipinski definition) is 2. The molecule has 0 aliphatic heterocycles. The molecule has 3 N–H and O–H groups in total. The number of H-pyrrole nitrogens is 1. The average molecular weight is 299 g/mol. The third kappa shape index (κ3) is 3.87. The minimum atomic E-state index is -0.0903. The predicted octanol–water partition coefficient (Wildman–Crippen LogP) is 1.89. The molecular formula is C17H21N3O2. The van der Waals surface area contributed by atoms with E-state index in [-0.39, 0.29) is 18.4 Å². The molecule has 0 radical (unpaired) electrons. The highest BCUT2D eigenvalue weighted by Gasteiger charge is 2.23. The standard InChI is InChI=1S/C17H21N3O2/c21-16(19-11-17(22)20-13-8-9-13)7-3-4-12-10-18-15-6-2-1-5-14(12)15/h1-2,5-6,10,13,18H,3-4,7-9,11H2,(H,19,21)(H,20,22). The van der Waals surface area contributed by atoms with Gasteiger partial charge in [0.2, 0.25) is 11.8 Å². The lowest BCUT2D eigenvalue weighted by Gasteiger charge is -2.05. The number of benzene rings is 1. The Morgan fingerprint density at radius 3 is 2.82 bits per heavy atom. The molecule has 1 aromatic heterocycles. The van der Waals surface area contributed by atoms with E-state index >= 15 is 0 Å². The van der Waals surface area contributed by atoms with Crippen LogP contribution < -0.4 is 10.6 Å². The van der Waals surface area contributed by atoms with Gasteiger partial charge in [-0.1, -0.05) is 18.2 Å². The van der Waals surface area contributed by atoms with Gasteiger partial charge in [-0.05, 0) is 37.3 Å². The fourth-order valence-electron chi connectivity index (χ4n) is 2.55. The number of para-hydroxylation sites is 1. The van der Waals surface area contributed by atoms with Crippen LogP contribution in [0, 0.1) is 0 Å². The maximum atomic E-state index is 11.7. The van der Waals surface area contributed by atoms with Gasteiger partial charge in [-0.15, -0.1) is 0 Å². The number of amides is 2. The molecule has 0 saturated heterocycles. The van der Waals surface area contributed by atoms with Crippen molar-refractivity contribution in [2.45, 2.75) is 38.1 Å². The molecule has 116 valence electrons. The van der Waals surface area contributed by atoms with Crippen molar-refractivity contribution in [3.63, 3.8) is 0 Å². The number of nitrogens with one attached hydrogen (secondary N) is 3. The number of aryl methyl sites for hydroxylation is 1. The summed E-state index contributed by atoms with van der Waals surface area (Å²) in [5, 5.41) is 6.74. The zero-order valence-corrected chi connectivity index (χ0v) is 12.5. The van der Waals surface area contributed by atoms with Crippen molar-refractivity contribution in [3.8, 4) is 0 Å². The van der Waals surface area contributed by atoms with Crippen molar-refractivity contribution < 1.29 is 9.59 Å². The molecule has 5 heteroatoms. The van der Waals surface area contributed by atoms with Gasteiger partial charge in [0.15, 0.2) is 0 Å². The number of hydrogen-bond donors (Lipinski definition) is 3. The maximum Gasteiger partial charge on any atom is 0.239 e. The van der Waals surface area contributed by atoms with E-state index in [0.29, 0.717) is 12.5 Å². The second-order valence-electron chi connectivity index (χ2n) is 5.83. The third-order valence-corrected chi connectivity index (χ3v) is 3.91. The van der Waals surface area contributed by atoms with Crippen LogP contribution >= 0.6 is 0 Å². The van der Waals surface area contributed by atoms with Crippen LogP contribution in [0.3, 0.4) is 0 Å². The fraction of sp³-hybridized carbons (Fsp3) is 0.412. The molecule has 5 nitrogen and oxygen atoms in total. The first-order valence-corrected chi connectivity index (χ1v) is 7.83. The van der Waals surface area contributed by atoms with Crippen LogP contribution in [0.5, 0.6) is 0 Å². The molecule has 1 saturated carbocycles. The summed E-state index contributed by atoms with van der Waals surface area (Å²) in [4.78, 5) is 26.5. The molecule has 1 aliphatic carbocycles. The van der Waals surface area contributed by atoms with Gasteiger partial charge in [-0.2, -0.15) is 0 Å². The quantitative estimate of drug-likeness (QED) is 0.730. The van der Waals surface area contributed by atoms with E-state index in [4.69, 9.17) is 0 Å². The number of aromatic nitrogens is 1. The van der Waals surface area contributed by atoms with E-state index in [1.165, 1.54) is 10.9 Å². The lowest BCUT2D eigenvalue weighted by atomic mass is 10.1. The van der Waals surface area contributed by atoms with Gasteiger partial charge < -0.3 is 15.6 Å². The lowest BCUT2D eigenvalue weighted by molar-refractivity contribution is -0.126. The fourth-order valence-corrected chi connectivity index (χ4v) is 2.55. The van der Waals surface area contributed by atoms with Crippen molar-refractivity contribution in [3.05, 3.63) is 36.0 Å². The molecule has 1 fully saturated rings. The van der Waals surface area contributed by atoms with E-state index in [9.17, 15) is 9.59 Å². The van der Waals surface area contributed by atoms with Crippen molar-refractivity contribution in [1.29, 1.82) is 0 Å². The van der Waals surface area contributed by atoms with Gasteiger partial charge in [0, 0.05) is 29.6 Å². The van der Waals surface area contributed by atoms with Gasteiger partial charge >= 0.3 is 0 Å². The van der Waals surface area contributed by atoms with Gasteiger partial charge in [-0.3, -0.25) is 9.59 Å². The van der Waals surface area contributed by atoms with Crippen molar-refractivity contribution in [2.24, 2.45) is 0 Å². The molecule has 0 atom stereocenters. The van der Waals surface area contributed by atoms with Crippen molar-refractivity contribution in [1.82, 2.24) is 15.6 Å². The molecular weight excluding hydrogens is 278 g/mol. The van der Waals surface area contributed by atoms with Crippen LogP contribution in [0.2, 0.25) is 0 Å². The lowest BCUT2D eigenvalue weighted by Crippen LogP contribution is -2.37. The Labute approximate surface area is 129 Å². The largest absolute Gasteiger partial charge is 0.361 e. The summed E-state index contributed by atoms with van der Waals surface area (Å²) in [6.07, 6.45) is 6.19. The van der Waals surface area contributed by atoms with E-state index in [1.807, 2.05) is 24.4 Å². The number of carbonyl (C=O) groups is 2. The Bertz CT molecular complexity index is 673. The SMILES string of the molecule is O=C(CCCc1c[nH]c2ccccc12)NCC(=O)NC1CC1. The zero-order chi connectivity index (χ0) is 15.4. The maximum absolute atomic E-state index is 11.7. The highest BCUT2D eigenvalue weighted by atomic mass is 16.2. The molecule has 0 unspecified atom stereocenters. The summed E-state index contributed by atoms with van der Waals surface area (Å²) >= 11 is 0. The van der Waals surface area contributed by atoms with Gasteiger partial charge in [-0.25, -0.2) is 0 Å². The van der Waals surface area contributed by atoms with Crippen LogP contribution in [0.1, 0.15) is 31.2 Å². The van der Waals surface area contributed by atoms with E-state index in [2.05, 4.69) is 21.7 Å².